The van der Waals surface area contributed by atoms with Crippen LogP contribution < -0.4 is 10.1 Å². The molecule has 1 aromatic heterocycles. The normalized spacial score (nSPS) is 11.8. The van der Waals surface area contributed by atoms with E-state index in [-0.39, 0.29) is 11.2 Å². The molecular weight excluding hydrogens is 360 g/mol. The second-order valence-electron chi connectivity index (χ2n) is 6.01. The number of nitrogens with zero attached hydrogens (tertiary/aromatic N) is 2. The predicted octanol–water partition coefficient (Wildman–Crippen LogP) is 4.30. The Morgan fingerprint density at radius 1 is 1.22 bits per heavy atom. The molecule has 27 heavy (non-hydrogen) atoms. The first-order valence-corrected chi connectivity index (χ1v) is 9.63. The average Bonchev–Trinajstić information content (AvgIpc) is 3.12. The third-order valence-corrected chi connectivity index (χ3v) is 4.85. The zero-order chi connectivity index (χ0) is 19.2. The van der Waals surface area contributed by atoms with Gasteiger partial charge in [0.2, 0.25) is 11.1 Å². The summed E-state index contributed by atoms with van der Waals surface area (Å²) in [6.07, 6.45) is 0. The van der Waals surface area contributed by atoms with Gasteiger partial charge in [-0.15, -0.1) is 5.10 Å². The maximum atomic E-state index is 12.5. The average molecular weight is 382 g/mol. The largest absolute Gasteiger partial charge is 0.492 e. The molecule has 0 saturated carbocycles. The first kappa shape index (κ1) is 19.0. The van der Waals surface area contributed by atoms with Crippen LogP contribution >= 0.6 is 11.8 Å². The summed E-state index contributed by atoms with van der Waals surface area (Å²) in [5, 5.41) is 10.2. The van der Waals surface area contributed by atoms with Gasteiger partial charge in [0.1, 0.15) is 5.75 Å². The van der Waals surface area contributed by atoms with Crippen LogP contribution in [-0.4, -0.2) is 32.9 Å². The van der Waals surface area contributed by atoms with Gasteiger partial charge in [-0.2, -0.15) is 0 Å². The molecule has 7 heteroatoms. The predicted molar refractivity (Wildman–Crippen MR) is 108 cm³/mol. The van der Waals surface area contributed by atoms with Crippen molar-refractivity contribution in [3.8, 4) is 17.1 Å². The number of anilines is 1. The second kappa shape index (κ2) is 8.73. The molecule has 0 radical (unpaired) electrons. The number of hydrogen-bond acceptors (Lipinski definition) is 5. The number of amides is 1. The molecule has 0 bridgehead atoms. The van der Waals surface area contributed by atoms with Gasteiger partial charge in [0, 0.05) is 5.56 Å². The number of para-hydroxylation sites is 2. The van der Waals surface area contributed by atoms with Gasteiger partial charge in [0.25, 0.3) is 0 Å². The Bertz CT molecular complexity index is 908. The van der Waals surface area contributed by atoms with Crippen molar-refractivity contribution in [3.05, 3.63) is 54.1 Å². The van der Waals surface area contributed by atoms with Crippen LogP contribution in [0, 0.1) is 6.92 Å². The highest BCUT2D eigenvalue weighted by Gasteiger charge is 2.19. The Labute approximate surface area is 162 Å². The van der Waals surface area contributed by atoms with E-state index in [1.54, 1.807) is 0 Å². The number of aromatic amines is 1. The van der Waals surface area contributed by atoms with E-state index in [4.69, 9.17) is 4.74 Å². The van der Waals surface area contributed by atoms with E-state index < -0.39 is 0 Å². The van der Waals surface area contributed by atoms with Crippen molar-refractivity contribution in [2.24, 2.45) is 0 Å². The van der Waals surface area contributed by atoms with E-state index in [0.29, 0.717) is 29.0 Å². The second-order valence-corrected chi connectivity index (χ2v) is 7.32. The van der Waals surface area contributed by atoms with Gasteiger partial charge in [-0.25, -0.2) is 4.98 Å². The summed E-state index contributed by atoms with van der Waals surface area (Å²) in [4.78, 5) is 17.0. The smallest absolute Gasteiger partial charge is 0.237 e. The fourth-order valence-electron chi connectivity index (χ4n) is 2.44. The number of aromatic nitrogens is 3. The lowest BCUT2D eigenvalue weighted by molar-refractivity contribution is -0.115. The van der Waals surface area contributed by atoms with Crippen LogP contribution in [-0.2, 0) is 4.79 Å². The number of hydrogen-bond donors (Lipinski definition) is 2. The molecule has 0 unspecified atom stereocenters. The third kappa shape index (κ3) is 4.89. The Balaban J connectivity index is 1.64. The molecule has 0 aliphatic heterocycles. The number of ether oxygens (including phenoxy) is 1. The quantitative estimate of drug-likeness (QED) is 0.596. The Morgan fingerprint density at radius 2 is 1.96 bits per heavy atom. The Morgan fingerprint density at radius 3 is 2.70 bits per heavy atom. The number of H-pyrrole nitrogens is 1. The molecule has 0 saturated heterocycles. The van der Waals surface area contributed by atoms with Crippen molar-refractivity contribution in [3.63, 3.8) is 0 Å². The molecule has 0 aliphatic rings. The first-order chi connectivity index (χ1) is 13.1. The fraction of sp³-hybridized carbons (Fsp3) is 0.250. The van der Waals surface area contributed by atoms with E-state index >= 15 is 0 Å². The molecular formula is C20H22N4O2S. The van der Waals surface area contributed by atoms with E-state index in [1.807, 2.05) is 69.3 Å². The summed E-state index contributed by atoms with van der Waals surface area (Å²) < 4.78 is 5.55. The molecule has 1 heterocycles. The van der Waals surface area contributed by atoms with E-state index in [1.165, 1.54) is 17.3 Å². The molecule has 2 aromatic carbocycles. The highest BCUT2D eigenvalue weighted by Crippen LogP contribution is 2.27. The van der Waals surface area contributed by atoms with Gasteiger partial charge >= 0.3 is 0 Å². The number of aryl methyl sites for hydroxylation is 1. The standard InChI is InChI=1S/C20H22N4O2S/c1-4-26-17-8-6-5-7-16(17)21-19(25)14(3)27-20-22-18(23-24-20)15-11-9-13(2)10-12-15/h5-12,14H,4H2,1-3H3,(H,21,25)(H,22,23,24)/t14-/m0/s1. The summed E-state index contributed by atoms with van der Waals surface area (Å²) in [5.41, 5.74) is 2.81. The van der Waals surface area contributed by atoms with E-state index in [0.717, 1.165) is 5.56 Å². The molecule has 140 valence electrons. The van der Waals surface area contributed by atoms with Crippen LogP contribution in [0.15, 0.2) is 53.7 Å². The summed E-state index contributed by atoms with van der Waals surface area (Å²) in [7, 11) is 0. The topological polar surface area (TPSA) is 79.9 Å². The number of thioether (sulfide) groups is 1. The number of carbonyl (C=O) groups excluding carboxylic acids is 1. The summed E-state index contributed by atoms with van der Waals surface area (Å²) >= 11 is 1.30. The lowest BCUT2D eigenvalue weighted by Crippen LogP contribution is -2.22. The summed E-state index contributed by atoms with van der Waals surface area (Å²) in [5.74, 6) is 1.21. The van der Waals surface area contributed by atoms with Crippen LogP contribution in [0.3, 0.4) is 0 Å². The van der Waals surface area contributed by atoms with Crippen molar-refractivity contribution < 1.29 is 9.53 Å². The molecule has 1 atom stereocenters. The zero-order valence-corrected chi connectivity index (χ0v) is 16.3. The van der Waals surface area contributed by atoms with Crippen molar-refractivity contribution in [2.45, 2.75) is 31.2 Å². The van der Waals surface area contributed by atoms with Gasteiger partial charge in [-0.1, -0.05) is 53.7 Å². The molecule has 3 aromatic rings. The Hall–Kier alpha value is -2.80. The lowest BCUT2D eigenvalue weighted by atomic mass is 10.1. The maximum Gasteiger partial charge on any atom is 0.237 e. The molecule has 0 fully saturated rings. The van der Waals surface area contributed by atoms with Gasteiger partial charge < -0.3 is 10.1 Å². The van der Waals surface area contributed by atoms with Crippen LogP contribution in [0.4, 0.5) is 5.69 Å². The number of nitrogens with one attached hydrogen (secondary N) is 2. The highest BCUT2D eigenvalue weighted by atomic mass is 32.2. The van der Waals surface area contributed by atoms with Crippen LogP contribution in [0.1, 0.15) is 19.4 Å². The van der Waals surface area contributed by atoms with Crippen molar-refractivity contribution in [1.82, 2.24) is 15.2 Å². The number of carbonyl (C=O) groups is 1. The molecule has 6 nitrogen and oxygen atoms in total. The minimum Gasteiger partial charge on any atom is -0.492 e. The minimum atomic E-state index is -0.360. The van der Waals surface area contributed by atoms with Gasteiger partial charge in [0.05, 0.1) is 17.5 Å². The maximum absolute atomic E-state index is 12.5. The molecule has 2 N–H and O–H groups in total. The van der Waals surface area contributed by atoms with Crippen LogP contribution in [0.25, 0.3) is 11.4 Å². The molecule has 3 rings (SSSR count). The number of benzene rings is 2. The molecule has 0 aliphatic carbocycles. The van der Waals surface area contributed by atoms with E-state index in [2.05, 4.69) is 20.5 Å². The fourth-order valence-corrected chi connectivity index (χ4v) is 3.16. The molecule has 1 amide bonds. The van der Waals surface area contributed by atoms with E-state index in [9.17, 15) is 4.79 Å². The van der Waals surface area contributed by atoms with Gasteiger partial charge in [0.15, 0.2) is 5.82 Å². The molecule has 0 spiro atoms. The first-order valence-electron chi connectivity index (χ1n) is 8.75. The van der Waals surface area contributed by atoms with Gasteiger partial charge in [-0.05, 0) is 32.9 Å². The van der Waals surface area contributed by atoms with Crippen molar-refractivity contribution in [1.29, 1.82) is 0 Å². The summed E-state index contributed by atoms with van der Waals surface area (Å²) in [6.45, 7) is 6.31. The minimum absolute atomic E-state index is 0.131. The monoisotopic (exact) mass is 382 g/mol. The SMILES string of the molecule is CCOc1ccccc1NC(=O)[C@H](C)Sc1n[nH]c(-c2ccc(C)cc2)n1. The van der Waals surface area contributed by atoms with Crippen LogP contribution in [0.5, 0.6) is 5.75 Å². The number of rotatable bonds is 7. The summed E-state index contributed by atoms with van der Waals surface area (Å²) in [6, 6.07) is 15.4. The lowest BCUT2D eigenvalue weighted by Gasteiger charge is -2.13. The van der Waals surface area contributed by atoms with Crippen molar-refractivity contribution in [2.75, 3.05) is 11.9 Å². The third-order valence-electron chi connectivity index (χ3n) is 3.89. The zero-order valence-electron chi connectivity index (χ0n) is 15.5. The van der Waals surface area contributed by atoms with Crippen LogP contribution in [0.2, 0.25) is 0 Å². The Kier molecular flexibility index (Phi) is 6.13. The highest BCUT2D eigenvalue weighted by molar-refractivity contribution is 8.00. The van der Waals surface area contributed by atoms with Crippen molar-refractivity contribution >= 4 is 23.4 Å². The van der Waals surface area contributed by atoms with Gasteiger partial charge in [-0.3, -0.25) is 9.89 Å².